The van der Waals surface area contributed by atoms with Gasteiger partial charge < -0.3 is 19.6 Å². The average Bonchev–Trinajstić information content (AvgIpc) is 3.32. The van der Waals surface area contributed by atoms with Crippen molar-refractivity contribution in [3.8, 4) is 0 Å². The number of hydrogen-bond donors (Lipinski definition) is 0. The van der Waals surface area contributed by atoms with Gasteiger partial charge in [0.05, 0.1) is 18.4 Å². The van der Waals surface area contributed by atoms with Gasteiger partial charge in [0.1, 0.15) is 6.54 Å². The van der Waals surface area contributed by atoms with Crippen molar-refractivity contribution in [2.24, 2.45) is 0 Å². The van der Waals surface area contributed by atoms with Crippen molar-refractivity contribution in [2.45, 2.75) is 31.6 Å². The second kappa shape index (κ2) is 7.01. The van der Waals surface area contributed by atoms with Gasteiger partial charge in [0.15, 0.2) is 5.79 Å². The standard InChI is InChI=1S/C20H22N4O5/c25-18-14-4-1-2-5-15(14)19(26)17-16(18)23(21-24(17)27)9-3-8-22-10-6-20(7-11-22)28-12-13-29-20/h1-2,4-5H,3,6-13H2. The monoisotopic (exact) mass is 398 g/mol. The molecule has 2 aliphatic heterocycles. The van der Waals surface area contributed by atoms with Crippen molar-refractivity contribution in [1.82, 2.24) is 14.8 Å². The SMILES string of the molecule is O=C1c2ccccc2C(=O)c2c1n(CCCN1CCC3(CC1)OCCO3)n[n+]2[O-]. The number of hydrogen-bond acceptors (Lipinski definition) is 7. The zero-order valence-electron chi connectivity index (χ0n) is 16.0. The van der Waals surface area contributed by atoms with Crippen LogP contribution in [0.1, 0.15) is 51.4 Å². The number of aromatic nitrogens is 3. The molecule has 0 atom stereocenters. The van der Waals surface area contributed by atoms with Crippen LogP contribution in [0, 0.1) is 5.21 Å². The van der Waals surface area contributed by atoms with Crippen molar-refractivity contribution >= 4 is 11.6 Å². The second-order valence-electron chi connectivity index (χ2n) is 7.69. The molecule has 2 fully saturated rings. The smallest absolute Gasteiger partial charge is 0.254 e. The quantitative estimate of drug-likeness (QED) is 0.466. The van der Waals surface area contributed by atoms with E-state index in [1.54, 1.807) is 24.3 Å². The van der Waals surface area contributed by atoms with Gasteiger partial charge in [-0.15, -0.1) is 9.53 Å². The summed E-state index contributed by atoms with van der Waals surface area (Å²) in [7, 11) is 0. The number of aryl methyl sites for hydroxylation is 1. The molecule has 0 radical (unpaired) electrons. The van der Waals surface area contributed by atoms with Gasteiger partial charge in [0.25, 0.3) is 11.4 Å². The van der Waals surface area contributed by atoms with Gasteiger partial charge >= 0.3 is 0 Å². The lowest BCUT2D eigenvalue weighted by atomic mass is 9.90. The molecule has 3 aliphatic rings. The molecule has 0 bridgehead atoms. The highest BCUT2D eigenvalue weighted by atomic mass is 16.7. The fourth-order valence-corrected chi connectivity index (χ4v) is 4.46. The molecule has 9 heteroatoms. The van der Waals surface area contributed by atoms with Gasteiger partial charge in [0, 0.05) is 50.0 Å². The zero-order chi connectivity index (χ0) is 20.0. The van der Waals surface area contributed by atoms with Gasteiger partial charge in [0.2, 0.25) is 11.6 Å². The van der Waals surface area contributed by atoms with Crippen LogP contribution in [0.3, 0.4) is 0 Å². The first kappa shape index (κ1) is 18.4. The lowest BCUT2D eigenvalue weighted by Gasteiger charge is -2.37. The molecule has 2 saturated heterocycles. The molecule has 0 saturated carbocycles. The van der Waals surface area contributed by atoms with Gasteiger partial charge in [-0.2, -0.15) is 0 Å². The van der Waals surface area contributed by atoms with Crippen LogP contribution < -0.4 is 4.85 Å². The number of ether oxygens (including phenoxy) is 2. The molecule has 0 N–H and O–H groups in total. The van der Waals surface area contributed by atoms with Crippen molar-refractivity contribution in [3.05, 3.63) is 52.0 Å². The molecule has 5 rings (SSSR count). The highest BCUT2D eigenvalue weighted by molar-refractivity contribution is 6.26. The summed E-state index contributed by atoms with van der Waals surface area (Å²) in [6, 6.07) is 6.57. The Bertz CT molecular complexity index is 969. The molecule has 0 amide bonds. The van der Waals surface area contributed by atoms with E-state index in [4.69, 9.17) is 9.47 Å². The van der Waals surface area contributed by atoms with Crippen molar-refractivity contribution in [3.63, 3.8) is 0 Å². The van der Waals surface area contributed by atoms with E-state index in [1.165, 1.54) is 4.68 Å². The number of carbonyl (C=O) groups excluding carboxylic acids is 2. The second-order valence-corrected chi connectivity index (χ2v) is 7.69. The first-order chi connectivity index (χ1) is 14.1. The summed E-state index contributed by atoms with van der Waals surface area (Å²) in [6.07, 6.45) is 2.40. The first-order valence-electron chi connectivity index (χ1n) is 9.97. The maximum absolute atomic E-state index is 12.9. The van der Waals surface area contributed by atoms with E-state index in [9.17, 15) is 14.8 Å². The predicted molar refractivity (Wildman–Crippen MR) is 99.4 cm³/mol. The van der Waals surface area contributed by atoms with Gasteiger partial charge in [-0.05, 0) is 0 Å². The Labute approximate surface area is 167 Å². The zero-order valence-corrected chi connectivity index (χ0v) is 16.0. The van der Waals surface area contributed by atoms with Crippen LogP contribution in [0.25, 0.3) is 0 Å². The van der Waals surface area contributed by atoms with Crippen LogP contribution in [0.2, 0.25) is 0 Å². The molecule has 152 valence electrons. The van der Waals surface area contributed by atoms with Crippen LogP contribution in [-0.2, 0) is 16.0 Å². The third kappa shape index (κ3) is 3.06. The molecule has 0 unspecified atom stereocenters. The Balaban J connectivity index is 1.26. The Kier molecular flexibility index (Phi) is 4.45. The molecular weight excluding hydrogens is 376 g/mol. The van der Waals surface area contributed by atoms with Crippen LogP contribution in [-0.4, -0.2) is 65.0 Å². The van der Waals surface area contributed by atoms with Crippen molar-refractivity contribution in [1.29, 1.82) is 0 Å². The Morgan fingerprint density at radius 3 is 2.38 bits per heavy atom. The van der Waals surface area contributed by atoms with Crippen LogP contribution >= 0.6 is 0 Å². The predicted octanol–water partition coefficient (Wildman–Crippen LogP) is 0.521. The molecule has 1 aromatic heterocycles. The number of fused-ring (bicyclic) bond motifs is 2. The lowest BCUT2D eigenvalue weighted by molar-refractivity contribution is -0.672. The first-order valence-corrected chi connectivity index (χ1v) is 9.97. The topological polar surface area (TPSA) is 101 Å². The normalized spacial score (nSPS) is 20.8. The van der Waals surface area contributed by atoms with Crippen molar-refractivity contribution < 1.29 is 23.9 Å². The number of carbonyl (C=O) groups is 2. The average molecular weight is 398 g/mol. The van der Waals surface area contributed by atoms with E-state index in [1.807, 2.05) is 0 Å². The van der Waals surface area contributed by atoms with E-state index in [2.05, 4.69) is 10.1 Å². The molecule has 29 heavy (non-hydrogen) atoms. The van der Waals surface area contributed by atoms with Gasteiger partial charge in [-0.1, -0.05) is 24.3 Å². The number of rotatable bonds is 4. The summed E-state index contributed by atoms with van der Waals surface area (Å²) in [5.74, 6) is -1.17. The highest BCUT2D eigenvalue weighted by Crippen LogP contribution is 2.31. The highest BCUT2D eigenvalue weighted by Gasteiger charge is 2.42. The number of nitrogens with zero attached hydrogens (tertiary/aromatic N) is 4. The lowest BCUT2D eigenvalue weighted by Crippen LogP contribution is -2.45. The van der Waals surface area contributed by atoms with Crippen LogP contribution in [0.5, 0.6) is 0 Å². The van der Waals surface area contributed by atoms with Gasteiger partial charge in [-0.25, -0.2) is 0 Å². The van der Waals surface area contributed by atoms with E-state index in [0.29, 0.717) is 31.7 Å². The minimum Gasteiger partial charge on any atom is -0.691 e. The Morgan fingerprint density at radius 2 is 1.69 bits per heavy atom. The van der Waals surface area contributed by atoms with E-state index < -0.39 is 11.6 Å². The van der Waals surface area contributed by atoms with E-state index >= 15 is 0 Å². The van der Waals surface area contributed by atoms with E-state index in [0.717, 1.165) is 32.5 Å². The molecule has 9 nitrogen and oxygen atoms in total. The summed E-state index contributed by atoms with van der Waals surface area (Å²) in [4.78, 5) is 28.2. The number of piperidine rings is 1. The van der Waals surface area contributed by atoms with Crippen LogP contribution in [0.15, 0.2) is 24.3 Å². The summed E-state index contributed by atoms with van der Waals surface area (Å²) >= 11 is 0. The molecule has 1 spiro atoms. The maximum atomic E-state index is 12.9. The van der Waals surface area contributed by atoms with Crippen LogP contribution in [0.4, 0.5) is 0 Å². The Morgan fingerprint density at radius 1 is 1.03 bits per heavy atom. The number of likely N-dealkylation sites (tertiary alicyclic amines) is 1. The van der Waals surface area contributed by atoms with E-state index in [-0.39, 0.29) is 27.6 Å². The molecule has 2 aromatic rings. The summed E-state index contributed by atoms with van der Waals surface area (Å²) in [6.45, 7) is 4.29. The third-order valence-corrected chi connectivity index (χ3v) is 5.99. The van der Waals surface area contributed by atoms with Crippen molar-refractivity contribution in [2.75, 3.05) is 32.8 Å². The minimum absolute atomic E-state index is 0.0917. The minimum atomic E-state index is -0.450. The molecule has 3 heterocycles. The molecule has 1 aromatic carbocycles. The summed E-state index contributed by atoms with van der Waals surface area (Å²) in [5, 5.41) is 16.1. The fourth-order valence-electron chi connectivity index (χ4n) is 4.46. The maximum Gasteiger partial charge on any atom is 0.254 e. The molecule has 1 aliphatic carbocycles. The van der Waals surface area contributed by atoms with Gasteiger partial charge in [-0.3, -0.25) is 9.59 Å². The number of ketones is 2. The fraction of sp³-hybridized carbons (Fsp3) is 0.500. The third-order valence-electron chi connectivity index (χ3n) is 5.99. The summed E-state index contributed by atoms with van der Waals surface area (Å²) in [5.41, 5.74) is 0.496. The molecular formula is C20H22N4O5. The largest absolute Gasteiger partial charge is 0.691 e. The summed E-state index contributed by atoms with van der Waals surface area (Å²) < 4.78 is 12.9. The Hall–Kier alpha value is -2.62. The number of benzene rings is 1.